The van der Waals surface area contributed by atoms with Crippen LogP contribution < -0.4 is 5.73 Å². The molecule has 0 aromatic heterocycles. The van der Waals surface area contributed by atoms with Gasteiger partial charge in [-0.3, -0.25) is 10.1 Å². The number of sulfonamides is 1. The van der Waals surface area contributed by atoms with Gasteiger partial charge in [-0.2, -0.15) is 0 Å². The van der Waals surface area contributed by atoms with E-state index < -0.39 is 30.9 Å². The molecule has 0 fully saturated rings. The number of nitro groups is 1. The molecule has 0 aliphatic rings. The largest absolute Gasteiger partial charge is 0.330 e. The van der Waals surface area contributed by atoms with E-state index >= 15 is 0 Å². The second kappa shape index (κ2) is 6.27. The fraction of sp³-hybridized carbons (Fsp3) is 0.500. The lowest BCUT2D eigenvalue weighted by Crippen LogP contribution is -2.39. The quantitative estimate of drug-likeness (QED) is 0.630. The third-order valence-electron chi connectivity index (χ3n) is 3.01. The van der Waals surface area contributed by atoms with E-state index in [4.69, 9.17) is 17.3 Å². The number of rotatable bonds is 6. The standard InChI is InChI=1S/C12H18ClN3O4S/c1-12(2,7-14)8-15(3)21(19,20)11-6-9(13)4-5-10(11)16(17)18/h4-6H,7-8,14H2,1-3H3. The second-order valence-electron chi connectivity index (χ2n) is 5.50. The van der Waals surface area contributed by atoms with E-state index in [1.807, 2.05) is 13.8 Å². The van der Waals surface area contributed by atoms with Crippen molar-refractivity contribution in [2.45, 2.75) is 18.7 Å². The Bertz CT molecular complexity index is 646. The fourth-order valence-corrected chi connectivity index (χ4v) is 3.54. The summed E-state index contributed by atoms with van der Waals surface area (Å²) >= 11 is 5.77. The molecule has 0 saturated heterocycles. The monoisotopic (exact) mass is 335 g/mol. The van der Waals surface area contributed by atoms with Crippen molar-refractivity contribution in [3.05, 3.63) is 33.3 Å². The lowest BCUT2D eigenvalue weighted by Gasteiger charge is -2.28. The van der Waals surface area contributed by atoms with Crippen LogP contribution in [0, 0.1) is 15.5 Å². The van der Waals surface area contributed by atoms with Crippen LogP contribution in [0.2, 0.25) is 5.02 Å². The van der Waals surface area contributed by atoms with Gasteiger partial charge in [-0.05, 0) is 24.1 Å². The van der Waals surface area contributed by atoms with Gasteiger partial charge in [0.15, 0.2) is 4.90 Å². The predicted octanol–water partition coefficient (Wildman–Crippen LogP) is 1.85. The van der Waals surface area contributed by atoms with Crippen molar-refractivity contribution in [2.24, 2.45) is 11.1 Å². The molecule has 0 aliphatic carbocycles. The predicted molar refractivity (Wildman–Crippen MR) is 80.8 cm³/mol. The molecule has 9 heteroatoms. The highest BCUT2D eigenvalue weighted by atomic mass is 35.5. The van der Waals surface area contributed by atoms with Crippen molar-refractivity contribution in [1.29, 1.82) is 0 Å². The van der Waals surface area contributed by atoms with Crippen LogP contribution in [0.15, 0.2) is 23.1 Å². The van der Waals surface area contributed by atoms with Crippen LogP contribution in [-0.4, -0.2) is 37.8 Å². The molecule has 0 amide bonds. The molecule has 21 heavy (non-hydrogen) atoms. The van der Waals surface area contributed by atoms with E-state index in [1.165, 1.54) is 13.1 Å². The Kier molecular flexibility index (Phi) is 5.32. The minimum Gasteiger partial charge on any atom is -0.330 e. The summed E-state index contributed by atoms with van der Waals surface area (Å²) in [6, 6.07) is 3.45. The molecule has 0 atom stereocenters. The normalized spacial score (nSPS) is 12.7. The van der Waals surface area contributed by atoms with Crippen LogP contribution in [0.3, 0.4) is 0 Å². The highest BCUT2D eigenvalue weighted by Gasteiger charge is 2.32. The summed E-state index contributed by atoms with van der Waals surface area (Å²) in [6.07, 6.45) is 0. The Labute approximate surface area is 128 Å². The van der Waals surface area contributed by atoms with Crippen LogP contribution in [0.5, 0.6) is 0 Å². The summed E-state index contributed by atoms with van der Waals surface area (Å²) in [5, 5.41) is 11.1. The van der Waals surface area contributed by atoms with Gasteiger partial charge >= 0.3 is 0 Å². The zero-order valence-electron chi connectivity index (χ0n) is 12.0. The number of nitrogens with zero attached hydrogens (tertiary/aromatic N) is 2. The van der Waals surface area contributed by atoms with Crippen molar-refractivity contribution in [3.8, 4) is 0 Å². The van der Waals surface area contributed by atoms with E-state index in [1.54, 1.807) is 0 Å². The maximum absolute atomic E-state index is 12.5. The smallest absolute Gasteiger partial charge is 0.289 e. The molecule has 118 valence electrons. The van der Waals surface area contributed by atoms with Crippen LogP contribution in [0.1, 0.15) is 13.8 Å². The molecule has 1 aromatic carbocycles. The van der Waals surface area contributed by atoms with Gasteiger partial charge in [-0.1, -0.05) is 25.4 Å². The molecule has 0 spiro atoms. The molecule has 2 N–H and O–H groups in total. The van der Waals surface area contributed by atoms with Crippen LogP contribution in [0.4, 0.5) is 5.69 Å². The number of nitrogens with two attached hydrogens (primary N) is 1. The fourth-order valence-electron chi connectivity index (χ4n) is 1.77. The second-order valence-corrected chi connectivity index (χ2v) is 7.95. The van der Waals surface area contributed by atoms with Crippen molar-refractivity contribution in [3.63, 3.8) is 0 Å². The van der Waals surface area contributed by atoms with Gasteiger partial charge in [-0.15, -0.1) is 0 Å². The maximum atomic E-state index is 12.5. The molecule has 0 unspecified atom stereocenters. The van der Waals surface area contributed by atoms with E-state index in [-0.39, 0.29) is 18.1 Å². The third kappa shape index (κ3) is 4.13. The summed E-state index contributed by atoms with van der Waals surface area (Å²) in [5.74, 6) is 0. The van der Waals surface area contributed by atoms with Gasteiger partial charge in [-0.25, -0.2) is 12.7 Å². The Morgan fingerprint density at radius 3 is 2.48 bits per heavy atom. The molecule has 0 bridgehead atoms. The van der Waals surface area contributed by atoms with Gasteiger partial charge in [0, 0.05) is 24.7 Å². The van der Waals surface area contributed by atoms with Gasteiger partial charge < -0.3 is 5.73 Å². The topological polar surface area (TPSA) is 107 Å². The summed E-state index contributed by atoms with van der Waals surface area (Å²) in [6.45, 7) is 4.04. The van der Waals surface area contributed by atoms with Crippen molar-refractivity contribution < 1.29 is 13.3 Å². The number of benzene rings is 1. The molecule has 1 rings (SSSR count). The third-order valence-corrected chi connectivity index (χ3v) is 5.08. The van der Waals surface area contributed by atoms with Gasteiger partial charge in [0.2, 0.25) is 10.0 Å². The molecule has 0 radical (unpaired) electrons. The first-order chi connectivity index (χ1) is 9.51. The number of halogens is 1. The first-order valence-corrected chi connectivity index (χ1v) is 7.93. The molecule has 0 aliphatic heterocycles. The van der Waals surface area contributed by atoms with Gasteiger partial charge in [0.05, 0.1) is 4.92 Å². The van der Waals surface area contributed by atoms with E-state index in [0.29, 0.717) is 0 Å². The number of hydrogen-bond acceptors (Lipinski definition) is 5. The first-order valence-electron chi connectivity index (χ1n) is 6.11. The van der Waals surface area contributed by atoms with Crippen LogP contribution in [0.25, 0.3) is 0 Å². The summed E-state index contributed by atoms with van der Waals surface area (Å²) < 4.78 is 26.1. The van der Waals surface area contributed by atoms with Crippen LogP contribution >= 0.6 is 11.6 Å². The summed E-state index contributed by atoms with van der Waals surface area (Å²) in [4.78, 5) is 9.84. The Hall–Kier alpha value is -1.22. The zero-order chi connectivity index (χ0) is 16.4. The average Bonchev–Trinajstić information content (AvgIpc) is 2.37. The SMILES string of the molecule is CN(CC(C)(C)CN)S(=O)(=O)c1cc(Cl)ccc1[N+](=O)[O-]. The molecule has 0 saturated carbocycles. The lowest BCUT2D eigenvalue weighted by atomic mass is 9.94. The first kappa shape index (κ1) is 17.8. The van der Waals surface area contributed by atoms with Crippen LogP contribution in [-0.2, 0) is 10.0 Å². The van der Waals surface area contributed by atoms with Crippen molar-refractivity contribution >= 4 is 27.3 Å². The maximum Gasteiger partial charge on any atom is 0.289 e. The van der Waals surface area contributed by atoms with E-state index in [9.17, 15) is 18.5 Å². The number of nitro benzene ring substituents is 1. The minimum atomic E-state index is -4.03. The average molecular weight is 336 g/mol. The van der Waals surface area contributed by atoms with Gasteiger partial charge in [0.25, 0.3) is 5.69 Å². The minimum absolute atomic E-state index is 0.116. The number of hydrogen-bond donors (Lipinski definition) is 1. The molecule has 0 heterocycles. The molecular weight excluding hydrogens is 318 g/mol. The lowest BCUT2D eigenvalue weighted by molar-refractivity contribution is -0.387. The summed E-state index contributed by atoms with van der Waals surface area (Å²) in [5.41, 5.74) is 4.64. The molecule has 1 aromatic rings. The highest BCUT2D eigenvalue weighted by Crippen LogP contribution is 2.30. The zero-order valence-corrected chi connectivity index (χ0v) is 13.6. The Morgan fingerprint density at radius 1 is 1.43 bits per heavy atom. The molecular formula is C12H18ClN3O4S. The van der Waals surface area contributed by atoms with Gasteiger partial charge in [0.1, 0.15) is 0 Å². The highest BCUT2D eigenvalue weighted by molar-refractivity contribution is 7.89. The Morgan fingerprint density at radius 2 is 2.00 bits per heavy atom. The van der Waals surface area contributed by atoms with Crippen molar-refractivity contribution in [2.75, 3.05) is 20.1 Å². The Balaban J connectivity index is 3.31. The van der Waals surface area contributed by atoms with E-state index in [2.05, 4.69) is 0 Å². The molecule has 7 nitrogen and oxygen atoms in total. The van der Waals surface area contributed by atoms with E-state index in [0.717, 1.165) is 16.4 Å². The summed E-state index contributed by atoms with van der Waals surface area (Å²) in [7, 11) is -2.67. The van der Waals surface area contributed by atoms with Crippen molar-refractivity contribution in [1.82, 2.24) is 4.31 Å².